The normalized spacial score (nSPS) is 12.4. The molecule has 0 aliphatic heterocycles. The number of halogens is 1. The number of benzene rings is 1. The molecule has 1 aromatic carbocycles. The third kappa shape index (κ3) is 4.80. The number of nitrogens with two attached hydrogens (primary N) is 1. The van der Waals surface area contributed by atoms with Gasteiger partial charge in [0.05, 0.1) is 0 Å². The molecule has 0 fully saturated rings. The van der Waals surface area contributed by atoms with E-state index in [1.54, 1.807) is 0 Å². The molecule has 0 aliphatic carbocycles. The van der Waals surface area contributed by atoms with Gasteiger partial charge in [0.25, 0.3) is 0 Å². The Bertz CT molecular complexity index is 360. The highest BCUT2D eigenvalue weighted by Gasteiger charge is 2.10. The molecule has 2 N–H and O–H groups in total. The third-order valence-corrected chi connectivity index (χ3v) is 4.52. The van der Waals surface area contributed by atoms with Gasteiger partial charge in [-0.2, -0.15) is 0 Å². The fourth-order valence-corrected chi connectivity index (χ4v) is 2.70. The molecule has 1 atom stereocenters. The summed E-state index contributed by atoms with van der Waals surface area (Å²) < 4.78 is 1.32. The van der Waals surface area contributed by atoms with Crippen LogP contribution in [0.4, 0.5) is 0 Å². The van der Waals surface area contributed by atoms with Gasteiger partial charge in [0, 0.05) is 9.61 Å². The highest BCUT2D eigenvalue weighted by atomic mass is 127. The molecule has 0 bridgehead atoms. The minimum absolute atomic E-state index is 0.186. The quantitative estimate of drug-likeness (QED) is 0.432. The first kappa shape index (κ1) is 14.7. The third-order valence-electron chi connectivity index (χ3n) is 3.04. The summed E-state index contributed by atoms with van der Waals surface area (Å²) in [6.45, 7) is 5.88. The standard InChI is InChI=1S/C15H22IN/c1-3-4-5-6-7-11-14(17)13-10-8-9-12(2)15(13)16/h3,8-10,14H,1,4-7,11,17H2,2H3. The van der Waals surface area contributed by atoms with Crippen LogP contribution in [0.3, 0.4) is 0 Å². The Kier molecular flexibility index (Phi) is 6.82. The molecular formula is C15H22IN. The van der Waals surface area contributed by atoms with Gasteiger partial charge in [-0.1, -0.05) is 37.1 Å². The van der Waals surface area contributed by atoms with E-state index in [2.05, 4.69) is 54.3 Å². The van der Waals surface area contributed by atoms with Crippen molar-refractivity contribution in [2.24, 2.45) is 5.73 Å². The second-order valence-electron chi connectivity index (χ2n) is 4.51. The molecule has 1 rings (SSSR count). The van der Waals surface area contributed by atoms with Crippen LogP contribution < -0.4 is 5.73 Å². The lowest BCUT2D eigenvalue weighted by Gasteiger charge is -2.15. The Balaban J connectivity index is 2.44. The molecule has 0 saturated carbocycles. The summed E-state index contributed by atoms with van der Waals surface area (Å²) in [5.41, 5.74) is 8.88. The summed E-state index contributed by atoms with van der Waals surface area (Å²) in [5.74, 6) is 0. The number of aryl methyl sites for hydroxylation is 1. The first-order valence-electron chi connectivity index (χ1n) is 6.28. The number of unbranched alkanes of at least 4 members (excludes halogenated alkanes) is 3. The molecule has 0 heterocycles. The first-order chi connectivity index (χ1) is 8.16. The molecule has 1 aromatic rings. The van der Waals surface area contributed by atoms with Crippen molar-refractivity contribution in [2.45, 2.75) is 45.1 Å². The number of hydrogen-bond acceptors (Lipinski definition) is 1. The Hall–Kier alpha value is -0.350. The maximum atomic E-state index is 6.25. The Morgan fingerprint density at radius 3 is 2.82 bits per heavy atom. The van der Waals surface area contributed by atoms with Gasteiger partial charge in [-0.3, -0.25) is 0 Å². The van der Waals surface area contributed by atoms with Crippen molar-refractivity contribution in [3.05, 3.63) is 45.6 Å². The van der Waals surface area contributed by atoms with E-state index >= 15 is 0 Å². The van der Waals surface area contributed by atoms with Crippen molar-refractivity contribution in [1.29, 1.82) is 0 Å². The average Bonchev–Trinajstić information content (AvgIpc) is 2.32. The Morgan fingerprint density at radius 1 is 1.35 bits per heavy atom. The smallest absolute Gasteiger partial charge is 0.0305 e. The van der Waals surface area contributed by atoms with E-state index in [1.807, 2.05) is 6.08 Å². The molecule has 0 radical (unpaired) electrons. The molecule has 0 amide bonds. The number of rotatable bonds is 7. The van der Waals surface area contributed by atoms with Crippen molar-refractivity contribution in [3.63, 3.8) is 0 Å². The van der Waals surface area contributed by atoms with Crippen molar-refractivity contribution in [3.8, 4) is 0 Å². The lowest BCUT2D eigenvalue weighted by atomic mass is 9.99. The van der Waals surface area contributed by atoms with Crippen LogP contribution in [0.2, 0.25) is 0 Å². The van der Waals surface area contributed by atoms with E-state index in [9.17, 15) is 0 Å². The van der Waals surface area contributed by atoms with Gasteiger partial charge in [0.2, 0.25) is 0 Å². The molecule has 0 aliphatic rings. The van der Waals surface area contributed by atoms with Gasteiger partial charge in [-0.05, 0) is 59.9 Å². The van der Waals surface area contributed by atoms with Crippen molar-refractivity contribution >= 4 is 22.6 Å². The van der Waals surface area contributed by atoms with E-state index in [1.165, 1.54) is 34.0 Å². The van der Waals surface area contributed by atoms with Crippen LogP contribution in [0.1, 0.15) is 49.3 Å². The fraction of sp³-hybridized carbons (Fsp3) is 0.467. The first-order valence-corrected chi connectivity index (χ1v) is 7.36. The molecule has 1 unspecified atom stereocenters. The van der Waals surface area contributed by atoms with Crippen LogP contribution in [-0.4, -0.2) is 0 Å². The molecule has 2 heteroatoms. The minimum Gasteiger partial charge on any atom is -0.324 e. The van der Waals surface area contributed by atoms with Crippen molar-refractivity contribution in [2.75, 3.05) is 0 Å². The fourth-order valence-electron chi connectivity index (χ4n) is 1.94. The molecule has 94 valence electrons. The van der Waals surface area contributed by atoms with Crippen molar-refractivity contribution < 1.29 is 0 Å². The van der Waals surface area contributed by atoms with Gasteiger partial charge < -0.3 is 5.73 Å². The molecular weight excluding hydrogens is 321 g/mol. The summed E-state index contributed by atoms with van der Waals surface area (Å²) in [5, 5.41) is 0. The maximum Gasteiger partial charge on any atom is 0.0305 e. The zero-order valence-corrected chi connectivity index (χ0v) is 12.7. The second-order valence-corrected chi connectivity index (χ2v) is 5.59. The van der Waals surface area contributed by atoms with Gasteiger partial charge in [0.1, 0.15) is 0 Å². The highest BCUT2D eigenvalue weighted by Crippen LogP contribution is 2.25. The average molecular weight is 343 g/mol. The number of hydrogen-bond donors (Lipinski definition) is 1. The molecule has 0 spiro atoms. The van der Waals surface area contributed by atoms with E-state index in [0.717, 1.165) is 12.8 Å². The summed E-state index contributed by atoms with van der Waals surface area (Å²) in [6, 6.07) is 6.58. The summed E-state index contributed by atoms with van der Waals surface area (Å²) >= 11 is 2.40. The van der Waals surface area contributed by atoms with Gasteiger partial charge in [-0.15, -0.1) is 6.58 Å². The van der Waals surface area contributed by atoms with Crippen LogP contribution in [0.15, 0.2) is 30.9 Å². The summed E-state index contributed by atoms with van der Waals surface area (Å²) in [6.07, 6.45) is 7.89. The minimum atomic E-state index is 0.186. The zero-order chi connectivity index (χ0) is 12.7. The van der Waals surface area contributed by atoms with Gasteiger partial charge >= 0.3 is 0 Å². The maximum absolute atomic E-state index is 6.25. The molecule has 0 aromatic heterocycles. The monoisotopic (exact) mass is 343 g/mol. The number of allylic oxidation sites excluding steroid dienone is 1. The van der Waals surface area contributed by atoms with Crippen LogP contribution in [0.5, 0.6) is 0 Å². The molecule has 17 heavy (non-hydrogen) atoms. The molecule has 0 saturated heterocycles. The Morgan fingerprint density at radius 2 is 2.12 bits per heavy atom. The van der Waals surface area contributed by atoms with Crippen molar-refractivity contribution in [1.82, 2.24) is 0 Å². The SMILES string of the molecule is C=CCCCCCC(N)c1cccc(C)c1I. The van der Waals surface area contributed by atoms with E-state index in [0.29, 0.717) is 0 Å². The second kappa shape index (κ2) is 7.88. The van der Waals surface area contributed by atoms with Crippen LogP contribution in [-0.2, 0) is 0 Å². The van der Waals surface area contributed by atoms with Crippen LogP contribution in [0, 0.1) is 10.5 Å². The predicted molar refractivity (Wildman–Crippen MR) is 84.1 cm³/mol. The lowest BCUT2D eigenvalue weighted by molar-refractivity contribution is 0.570. The van der Waals surface area contributed by atoms with E-state index in [4.69, 9.17) is 5.73 Å². The Labute approximate surface area is 119 Å². The van der Waals surface area contributed by atoms with E-state index < -0.39 is 0 Å². The topological polar surface area (TPSA) is 26.0 Å². The zero-order valence-electron chi connectivity index (χ0n) is 10.6. The molecule has 1 nitrogen and oxygen atoms in total. The largest absolute Gasteiger partial charge is 0.324 e. The summed E-state index contributed by atoms with van der Waals surface area (Å²) in [7, 11) is 0. The highest BCUT2D eigenvalue weighted by molar-refractivity contribution is 14.1. The summed E-state index contributed by atoms with van der Waals surface area (Å²) in [4.78, 5) is 0. The van der Waals surface area contributed by atoms with Crippen LogP contribution >= 0.6 is 22.6 Å². The van der Waals surface area contributed by atoms with Crippen LogP contribution in [0.25, 0.3) is 0 Å². The predicted octanol–water partition coefficient (Wildman–Crippen LogP) is 4.74. The lowest BCUT2D eigenvalue weighted by Crippen LogP contribution is -2.12. The van der Waals surface area contributed by atoms with E-state index in [-0.39, 0.29) is 6.04 Å². The van der Waals surface area contributed by atoms with Gasteiger partial charge in [-0.25, -0.2) is 0 Å². The van der Waals surface area contributed by atoms with Gasteiger partial charge in [0.15, 0.2) is 0 Å².